The van der Waals surface area contributed by atoms with E-state index in [0.717, 1.165) is 5.56 Å². The summed E-state index contributed by atoms with van der Waals surface area (Å²) < 4.78 is 33.1. The number of hydrogen-bond acceptors (Lipinski definition) is 6. The molecule has 0 spiro atoms. The number of methoxy groups -OCH3 is 2. The van der Waals surface area contributed by atoms with Crippen molar-refractivity contribution in [2.24, 2.45) is 0 Å². The van der Waals surface area contributed by atoms with Crippen LogP contribution in [-0.2, 0) is 21.2 Å². The first-order chi connectivity index (χ1) is 10.9. The Bertz CT molecular complexity index is 660. The number of hydrogen-bond donors (Lipinski definition) is 2. The third kappa shape index (κ3) is 5.11. The van der Waals surface area contributed by atoms with Gasteiger partial charge in [0.2, 0.25) is 5.91 Å². The highest BCUT2D eigenvalue weighted by atomic mass is 32.2. The molecule has 1 aromatic rings. The molecule has 1 aliphatic rings. The van der Waals surface area contributed by atoms with Gasteiger partial charge in [-0.3, -0.25) is 4.79 Å². The fraction of sp³-hybridized carbons (Fsp3) is 0.533. The van der Waals surface area contributed by atoms with Crippen molar-refractivity contribution in [1.29, 1.82) is 0 Å². The van der Waals surface area contributed by atoms with Crippen LogP contribution in [0.1, 0.15) is 12.0 Å². The summed E-state index contributed by atoms with van der Waals surface area (Å²) in [6.07, 6.45) is 0.490. The quantitative estimate of drug-likeness (QED) is 0.730. The van der Waals surface area contributed by atoms with Gasteiger partial charge < -0.3 is 20.1 Å². The van der Waals surface area contributed by atoms with Crippen molar-refractivity contribution >= 4 is 15.7 Å². The van der Waals surface area contributed by atoms with E-state index in [1.807, 2.05) is 12.1 Å². The van der Waals surface area contributed by atoms with E-state index in [0.29, 0.717) is 24.5 Å². The molecule has 1 unspecified atom stereocenters. The predicted octanol–water partition coefficient (Wildman–Crippen LogP) is 0.0967. The minimum atomic E-state index is -2.98. The molecule has 1 fully saturated rings. The van der Waals surface area contributed by atoms with E-state index >= 15 is 0 Å². The molecule has 0 bridgehead atoms. The van der Waals surface area contributed by atoms with Gasteiger partial charge in [0, 0.05) is 12.6 Å². The zero-order valence-corrected chi connectivity index (χ0v) is 14.1. The van der Waals surface area contributed by atoms with E-state index in [9.17, 15) is 13.2 Å². The largest absolute Gasteiger partial charge is 0.493 e. The molecular weight excluding hydrogens is 320 g/mol. The summed E-state index contributed by atoms with van der Waals surface area (Å²) in [4.78, 5) is 11.8. The Morgan fingerprint density at radius 2 is 2.00 bits per heavy atom. The molecule has 23 heavy (non-hydrogen) atoms. The summed E-state index contributed by atoms with van der Waals surface area (Å²) in [5.74, 6) is 1.27. The summed E-state index contributed by atoms with van der Waals surface area (Å²) in [7, 11) is 0.161. The van der Waals surface area contributed by atoms with Crippen LogP contribution < -0.4 is 20.1 Å². The SMILES string of the molecule is COc1ccc(CNCC(=O)NC2CCS(=O)(=O)C2)cc1OC. The molecule has 1 aromatic carbocycles. The lowest BCUT2D eigenvalue weighted by Crippen LogP contribution is -2.40. The first-order valence-electron chi connectivity index (χ1n) is 7.35. The van der Waals surface area contributed by atoms with Gasteiger partial charge in [-0.05, 0) is 24.1 Å². The zero-order valence-electron chi connectivity index (χ0n) is 13.3. The number of amides is 1. The molecule has 8 heteroatoms. The molecule has 128 valence electrons. The Balaban J connectivity index is 1.77. The van der Waals surface area contributed by atoms with Crippen molar-refractivity contribution in [3.05, 3.63) is 23.8 Å². The number of ether oxygens (including phenoxy) is 2. The average Bonchev–Trinajstić information content (AvgIpc) is 2.85. The van der Waals surface area contributed by atoms with Crippen molar-refractivity contribution in [3.63, 3.8) is 0 Å². The fourth-order valence-electron chi connectivity index (χ4n) is 2.50. The van der Waals surface area contributed by atoms with Crippen LogP contribution in [0.5, 0.6) is 11.5 Å². The topological polar surface area (TPSA) is 93.7 Å². The third-order valence-corrected chi connectivity index (χ3v) is 5.43. The number of carbonyl (C=O) groups is 1. The lowest BCUT2D eigenvalue weighted by atomic mass is 10.2. The summed E-state index contributed by atoms with van der Waals surface area (Å²) in [5.41, 5.74) is 0.957. The molecule has 2 N–H and O–H groups in total. The maximum atomic E-state index is 11.8. The molecule has 1 saturated heterocycles. The number of nitrogens with one attached hydrogen (secondary N) is 2. The average molecular weight is 342 g/mol. The van der Waals surface area contributed by atoms with Crippen molar-refractivity contribution in [2.45, 2.75) is 19.0 Å². The molecule has 1 aliphatic heterocycles. The number of sulfone groups is 1. The number of carbonyl (C=O) groups excluding carboxylic acids is 1. The summed E-state index contributed by atoms with van der Waals surface area (Å²) in [6.45, 7) is 0.627. The molecule has 0 radical (unpaired) electrons. The lowest BCUT2D eigenvalue weighted by Gasteiger charge is -2.12. The zero-order chi connectivity index (χ0) is 16.9. The first kappa shape index (κ1) is 17.6. The molecule has 0 aliphatic carbocycles. The van der Waals surface area contributed by atoms with Crippen LogP contribution in [0.4, 0.5) is 0 Å². The van der Waals surface area contributed by atoms with Gasteiger partial charge in [0.1, 0.15) is 0 Å². The second-order valence-electron chi connectivity index (χ2n) is 5.46. The van der Waals surface area contributed by atoms with Crippen molar-refractivity contribution in [3.8, 4) is 11.5 Å². The highest BCUT2D eigenvalue weighted by Crippen LogP contribution is 2.27. The minimum absolute atomic E-state index is 0.0361. The van der Waals surface area contributed by atoms with E-state index in [1.165, 1.54) is 0 Å². The Kier molecular flexibility index (Phi) is 5.84. The van der Waals surface area contributed by atoms with Gasteiger partial charge in [-0.2, -0.15) is 0 Å². The smallest absolute Gasteiger partial charge is 0.234 e. The second kappa shape index (κ2) is 7.65. The van der Waals surface area contributed by atoms with Crippen LogP contribution in [-0.4, -0.2) is 52.6 Å². The molecule has 7 nitrogen and oxygen atoms in total. The molecule has 2 rings (SSSR count). The number of benzene rings is 1. The van der Waals surface area contributed by atoms with Gasteiger partial charge in [0.05, 0.1) is 32.3 Å². The maximum Gasteiger partial charge on any atom is 0.234 e. The van der Waals surface area contributed by atoms with Crippen LogP contribution in [0.15, 0.2) is 18.2 Å². The van der Waals surface area contributed by atoms with E-state index in [4.69, 9.17) is 9.47 Å². The van der Waals surface area contributed by atoms with E-state index in [2.05, 4.69) is 10.6 Å². The maximum absolute atomic E-state index is 11.8. The van der Waals surface area contributed by atoms with Crippen molar-refractivity contribution in [1.82, 2.24) is 10.6 Å². The highest BCUT2D eigenvalue weighted by molar-refractivity contribution is 7.91. The summed E-state index contributed by atoms with van der Waals surface area (Å²) >= 11 is 0. The van der Waals surface area contributed by atoms with Gasteiger partial charge in [0.25, 0.3) is 0 Å². The molecule has 0 aromatic heterocycles. The van der Waals surface area contributed by atoms with Gasteiger partial charge in [0.15, 0.2) is 21.3 Å². The normalized spacial score (nSPS) is 19.3. The van der Waals surface area contributed by atoms with Crippen LogP contribution in [0, 0.1) is 0 Å². The monoisotopic (exact) mass is 342 g/mol. The lowest BCUT2D eigenvalue weighted by molar-refractivity contribution is -0.120. The van der Waals surface area contributed by atoms with E-state index in [1.54, 1.807) is 20.3 Å². The van der Waals surface area contributed by atoms with Gasteiger partial charge in [-0.15, -0.1) is 0 Å². The molecule has 1 atom stereocenters. The van der Waals surface area contributed by atoms with Gasteiger partial charge in [-0.25, -0.2) is 8.42 Å². The Hall–Kier alpha value is -1.80. The fourth-order valence-corrected chi connectivity index (χ4v) is 4.17. The molecule has 1 amide bonds. The van der Waals surface area contributed by atoms with E-state index in [-0.39, 0.29) is 30.0 Å². The Morgan fingerprint density at radius 3 is 2.61 bits per heavy atom. The standard InChI is InChI=1S/C15H22N2O5S/c1-21-13-4-3-11(7-14(13)22-2)8-16-9-15(18)17-12-5-6-23(19,20)10-12/h3-4,7,12,16H,5-6,8-10H2,1-2H3,(H,17,18). The predicted molar refractivity (Wildman–Crippen MR) is 86.5 cm³/mol. The molecular formula is C15H22N2O5S. The van der Waals surface area contributed by atoms with Crippen molar-refractivity contribution < 1.29 is 22.7 Å². The van der Waals surface area contributed by atoms with Gasteiger partial charge in [-0.1, -0.05) is 6.07 Å². The molecule has 1 heterocycles. The van der Waals surface area contributed by atoms with Crippen LogP contribution >= 0.6 is 0 Å². The summed E-state index contributed by atoms with van der Waals surface area (Å²) in [5, 5.41) is 5.76. The minimum Gasteiger partial charge on any atom is -0.493 e. The second-order valence-corrected chi connectivity index (χ2v) is 7.69. The number of rotatable bonds is 7. The highest BCUT2D eigenvalue weighted by Gasteiger charge is 2.28. The van der Waals surface area contributed by atoms with Crippen molar-refractivity contribution in [2.75, 3.05) is 32.3 Å². The van der Waals surface area contributed by atoms with Crippen LogP contribution in [0.2, 0.25) is 0 Å². The summed E-state index contributed by atoms with van der Waals surface area (Å²) in [6, 6.07) is 5.26. The van der Waals surface area contributed by atoms with Gasteiger partial charge >= 0.3 is 0 Å². The van der Waals surface area contributed by atoms with E-state index < -0.39 is 9.84 Å². The van der Waals surface area contributed by atoms with Crippen LogP contribution in [0.3, 0.4) is 0 Å². The Labute approximate surface area is 136 Å². The first-order valence-corrected chi connectivity index (χ1v) is 9.17. The van der Waals surface area contributed by atoms with Crippen LogP contribution in [0.25, 0.3) is 0 Å². The Morgan fingerprint density at radius 1 is 1.26 bits per heavy atom. The molecule has 0 saturated carbocycles. The third-order valence-electron chi connectivity index (χ3n) is 3.66.